The summed E-state index contributed by atoms with van der Waals surface area (Å²) in [6.45, 7) is 3.76. The second-order valence-corrected chi connectivity index (χ2v) is 7.61. The minimum absolute atomic E-state index is 0.00527. The minimum Gasteiger partial charge on any atom is -0.503 e. The Morgan fingerprint density at radius 3 is 2.46 bits per heavy atom. The molecule has 0 unspecified atom stereocenters. The molecule has 9 heteroatoms. The van der Waals surface area contributed by atoms with Crippen LogP contribution in [-0.4, -0.2) is 33.0 Å². The summed E-state index contributed by atoms with van der Waals surface area (Å²) in [6.07, 6.45) is 1.25. The Labute approximate surface area is 157 Å². The molecule has 2 rings (SSSR count). The van der Waals surface area contributed by atoms with Gasteiger partial charge in [-0.1, -0.05) is 11.6 Å². The van der Waals surface area contributed by atoms with Crippen LogP contribution in [0.2, 0.25) is 5.02 Å². The quantitative estimate of drug-likeness (QED) is 0.551. The number of nitrogens with zero attached hydrogens (tertiary/aromatic N) is 1. The number of benzene rings is 2. The van der Waals surface area contributed by atoms with Gasteiger partial charge in [-0.05, 0) is 55.8 Å². The molecule has 0 fully saturated rings. The Morgan fingerprint density at radius 2 is 1.88 bits per heavy atom. The second-order valence-electron chi connectivity index (χ2n) is 5.54. The van der Waals surface area contributed by atoms with Crippen molar-refractivity contribution in [3.05, 3.63) is 47.0 Å². The summed E-state index contributed by atoms with van der Waals surface area (Å²) >= 11 is 5.87. The van der Waals surface area contributed by atoms with Crippen molar-refractivity contribution in [1.82, 2.24) is 4.83 Å². The first kappa shape index (κ1) is 19.9. The van der Waals surface area contributed by atoms with Crippen LogP contribution in [0, 0.1) is 0 Å². The van der Waals surface area contributed by atoms with Gasteiger partial charge in [0.25, 0.3) is 10.0 Å². The van der Waals surface area contributed by atoms with E-state index in [1.54, 1.807) is 12.1 Å². The molecule has 2 aromatic carbocycles. The van der Waals surface area contributed by atoms with Gasteiger partial charge in [0.15, 0.2) is 11.5 Å². The smallest absolute Gasteiger partial charge is 0.276 e. The number of ether oxygens (including phenoxy) is 2. The van der Waals surface area contributed by atoms with Crippen molar-refractivity contribution in [2.45, 2.75) is 24.8 Å². The van der Waals surface area contributed by atoms with E-state index in [9.17, 15) is 13.5 Å². The molecule has 0 aliphatic carbocycles. The van der Waals surface area contributed by atoms with Crippen LogP contribution in [-0.2, 0) is 10.0 Å². The largest absolute Gasteiger partial charge is 0.503 e. The zero-order chi connectivity index (χ0) is 19.3. The molecule has 0 spiro atoms. The van der Waals surface area contributed by atoms with Crippen LogP contribution in [0.5, 0.6) is 17.2 Å². The monoisotopic (exact) mass is 398 g/mol. The first-order chi connectivity index (χ1) is 12.2. The molecule has 0 aromatic heterocycles. The lowest BCUT2D eigenvalue weighted by Crippen LogP contribution is -2.18. The van der Waals surface area contributed by atoms with Crippen LogP contribution < -0.4 is 14.3 Å². The van der Waals surface area contributed by atoms with Crippen LogP contribution in [0.4, 0.5) is 0 Å². The van der Waals surface area contributed by atoms with Crippen molar-refractivity contribution >= 4 is 27.8 Å². The molecule has 0 radical (unpaired) electrons. The molecule has 26 heavy (non-hydrogen) atoms. The van der Waals surface area contributed by atoms with Gasteiger partial charge >= 0.3 is 0 Å². The standard InChI is InChI=1S/C17H19ClN2O5S/c1-11(2)25-13-4-6-14(7-5-13)26(22,23)20-19-10-12-8-15(18)17(21)16(9-12)24-3/h4-11,20-21H,1-3H3/b19-10+. The predicted octanol–water partition coefficient (Wildman–Crippen LogP) is 3.15. The molecule has 140 valence electrons. The Balaban J connectivity index is 2.12. The summed E-state index contributed by atoms with van der Waals surface area (Å²) in [6, 6.07) is 8.89. The summed E-state index contributed by atoms with van der Waals surface area (Å²) < 4.78 is 34.9. The Kier molecular flexibility index (Phi) is 6.33. The Bertz CT molecular complexity index is 896. The van der Waals surface area contributed by atoms with Gasteiger partial charge in [0, 0.05) is 0 Å². The predicted molar refractivity (Wildman–Crippen MR) is 99.8 cm³/mol. The van der Waals surface area contributed by atoms with Crippen molar-refractivity contribution in [1.29, 1.82) is 0 Å². The van der Waals surface area contributed by atoms with E-state index in [0.717, 1.165) is 0 Å². The van der Waals surface area contributed by atoms with Gasteiger partial charge in [0.05, 0.1) is 29.3 Å². The molecule has 0 aliphatic heterocycles. The number of hydrogen-bond donors (Lipinski definition) is 2. The van der Waals surface area contributed by atoms with Gasteiger partial charge in [0.1, 0.15) is 5.75 Å². The van der Waals surface area contributed by atoms with Crippen LogP contribution in [0.1, 0.15) is 19.4 Å². The lowest BCUT2D eigenvalue weighted by molar-refractivity contribution is 0.242. The van der Waals surface area contributed by atoms with Crippen molar-refractivity contribution < 1.29 is 23.0 Å². The second kappa shape index (κ2) is 8.29. The fraction of sp³-hybridized carbons (Fsp3) is 0.235. The number of methoxy groups -OCH3 is 1. The number of hydrazone groups is 1. The van der Waals surface area contributed by atoms with E-state index >= 15 is 0 Å². The highest BCUT2D eigenvalue weighted by molar-refractivity contribution is 7.89. The van der Waals surface area contributed by atoms with Crippen molar-refractivity contribution in [2.75, 3.05) is 7.11 Å². The molecule has 0 saturated heterocycles. The third kappa shape index (κ3) is 5.03. The number of rotatable bonds is 7. The van der Waals surface area contributed by atoms with Crippen molar-refractivity contribution in [2.24, 2.45) is 5.10 Å². The highest BCUT2D eigenvalue weighted by Gasteiger charge is 2.13. The summed E-state index contributed by atoms with van der Waals surface area (Å²) in [4.78, 5) is 2.16. The maximum atomic E-state index is 12.2. The van der Waals surface area contributed by atoms with E-state index in [-0.39, 0.29) is 27.5 Å². The number of phenolic OH excluding ortho intramolecular Hbond substituents is 1. The van der Waals surface area contributed by atoms with E-state index in [2.05, 4.69) is 9.93 Å². The van der Waals surface area contributed by atoms with Crippen LogP contribution >= 0.6 is 11.6 Å². The highest BCUT2D eigenvalue weighted by Crippen LogP contribution is 2.34. The van der Waals surface area contributed by atoms with Gasteiger partial charge in [-0.25, -0.2) is 4.83 Å². The van der Waals surface area contributed by atoms with Crippen molar-refractivity contribution in [3.63, 3.8) is 0 Å². The van der Waals surface area contributed by atoms with E-state index in [1.165, 1.54) is 37.6 Å². The number of nitrogens with one attached hydrogen (secondary N) is 1. The molecular weight excluding hydrogens is 380 g/mol. The third-order valence-electron chi connectivity index (χ3n) is 3.16. The normalized spacial score (nSPS) is 11.7. The van der Waals surface area contributed by atoms with Gasteiger partial charge in [-0.3, -0.25) is 0 Å². The number of sulfonamides is 1. The lowest BCUT2D eigenvalue weighted by atomic mass is 10.2. The zero-order valence-electron chi connectivity index (χ0n) is 14.4. The fourth-order valence-corrected chi connectivity index (χ4v) is 3.03. The highest BCUT2D eigenvalue weighted by atomic mass is 35.5. The molecule has 0 aliphatic rings. The SMILES string of the molecule is COc1cc(/C=N/NS(=O)(=O)c2ccc(OC(C)C)cc2)cc(Cl)c1O. The number of halogens is 1. The Hall–Kier alpha value is -2.45. The first-order valence-electron chi connectivity index (χ1n) is 7.61. The summed E-state index contributed by atoms with van der Waals surface area (Å²) in [5.74, 6) is 0.534. The van der Waals surface area contributed by atoms with E-state index < -0.39 is 10.0 Å². The molecule has 7 nitrogen and oxygen atoms in total. The fourth-order valence-electron chi connectivity index (χ4n) is 2.02. The maximum absolute atomic E-state index is 12.2. The molecule has 0 heterocycles. The van der Waals surface area contributed by atoms with Crippen molar-refractivity contribution in [3.8, 4) is 17.2 Å². The maximum Gasteiger partial charge on any atom is 0.276 e. The summed E-state index contributed by atoms with van der Waals surface area (Å²) in [7, 11) is -2.45. The summed E-state index contributed by atoms with van der Waals surface area (Å²) in [5.41, 5.74) is 0.452. The zero-order valence-corrected chi connectivity index (χ0v) is 16.0. The molecular formula is C17H19ClN2O5S. The van der Waals surface area contributed by atoms with Crippen LogP contribution in [0.3, 0.4) is 0 Å². The van der Waals surface area contributed by atoms with E-state index in [0.29, 0.717) is 11.3 Å². The van der Waals surface area contributed by atoms with Crippen LogP contribution in [0.15, 0.2) is 46.4 Å². The van der Waals surface area contributed by atoms with Gasteiger partial charge in [0.2, 0.25) is 0 Å². The molecule has 2 N–H and O–H groups in total. The molecule has 0 bridgehead atoms. The molecule has 0 saturated carbocycles. The number of aromatic hydroxyl groups is 1. The Morgan fingerprint density at radius 1 is 1.23 bits per heavy atom. The van der Waals surface area contributed by atoms with E-state index in [4.69, 9.17) is 21.1 Å². The van der Waals surface area contributed by atoms with Gasteiger partial charge in [-0.15, -0.1) is 0 Å². The number of phenols is 1. The molecule has 0 atom stereocenters. The first-order valence-corrected chi connectivity index (χ1v) is 9.47. The summed E-state index contributed by atoms with van der Waals surface area (Å²) in [5, 5.41) is 13.5. The third-order valence-corrected chi connectivity index (χ3v) is 4.69. The minimum atomic E-state index is -3.83. The van der Waals surface area contributed by atoms with E-state index in [1.807, 2.05) is 13.8 Å². The topological polar surface area (TPSA) is 97.2 Å². The lowest BCUT2D eigenvalue weighted by Gasteiger charge is -2.10. The van der Waals surface area contributed by atoms with Crippen LogP contribution in [0.25, 0.3) is 0 Å². The average molecular weight is 399 g/mol. The molecule has 2 aromatic rings. The number of hydrogen-bond acceptors (Lipinski definition) is 6. The van der Waals surface area contributed by atoms with Gasteiger partial charge in [-0.2, -0.15) is 13.5 Å². The van der Waals surface area contributed by atoms with Gasteiger partial charge < -0.3 is 14.6 Å². The molecule has 0 amide bonds. The average Bonchev–Trinajstić information content (AvgIpc) is 2.57.